The highest BCUT2D eigenvalue weighted by molar-refractivity contribution is 5.76. The smallest absolute Gasteiger partial charge is 0.410 e. The van der Waals surface area contributed by atoms with Crippen LogP contribution in [0.3, 0.4) is 0 Å². The lowest BCUT2D eigenvalue weighted by Crippen LogP contribution is -2.36. The molecule has 0 spiro atoms. The average Bonchev–Trinajstić information content (AvgIpc) is 2.69. The molecule has 0 aromatic rings. The molecule has 1 aliphatic rings. The molecule has 1 fully saturated rings. The summed E-state index contributed by atoms with van der Waals surface area (Å²) in [6.07, 6.45) is 0.552. The molecule has 5 heteroatoms. The standard InChI is InChI=1S/C15H27NO4/c1-10(2)7-11-8-16(9-12(11)13(17)19-6)14(18)20-15(3,4)5/h10-12H,7-9H2,1-6H3/t11-,12-/m0/s1. The lowest BCUT2D eigenvalue weighted by molar-refractivity contribution is -0.146. The van der Waals surface area contributed by atoms with Crippen molar-refractivity contribution in [2.45, 2.75) is 46.6 Å². The number of carbonyl (C=O) groups is 2. The van der Waals surface area contributed by atoms with Crippen LogP contribution in [0.15, 0.2) is 0 Å². The molecular weight excluding hydrogens is 258 g/mol. The molecule has 0 unspecified atom stereocenters. The Hall–Kier alpha value is -1.26. The minimum atomic E-state index is -0.520. The summed E-state index contributed by atoms with van der Waals surface area (Å²) in [5.41, 5.74) is -0.520. The molecule has 0 aliphatic carbocycles. The molecule has 0 bridgehead atoms. The number of nitrogens with zero attached hydrogens (tertiary/aromatic N) is 1. The second-order valence-electron chi connectivity index (χ2n) is 6.90. The fourth-order valence-corrected chi connectivity index (χ4v) is 2.61. The molecule has 1 heterocycles. The predicted molar refractivity (Wildman–Crippen MR) is 76.3 cm³/mol. The Labute approximate surface area is 121 Å². The Balaban J connectivity index is 2.73. The zero-order chi connectivity index (χ0) is 15.5. The monoisotopic (exact) mass is 285 g/mol. The number of methoxy groups -OCH3 is 1. The van der Waals surface area contributed by atoms with Gasteiger partial charge in [0.2, 0.25) is 0 Å². The highest BCUT2D eigenvalue weighted by atomic mass is 16.6. The second-order valence-corrected chi connectivity index (χ2v) is 6.90. The predicted octanol–water partition coefficient (Wildman–Crippen LogP) is 2.69. The van der Waals surface area contributed by atoms with Crippen molar-refractivity contribution < 1.29 is 19.1 Å². The molecular formula is C15H27NO4. The van der Waals surface area contributed by atoms with Crippen molar-refractivity contribution in [2.75, 3.05) is 20.2 Å². The fourth-order valence-electron chi connectivity index (χ4n) is 2.61. The van der Waals surface area contributed by atoms with Gasteiger partial charge in [0.1, 0.15) is 5.60 Å². The molecule has 1 rings (SSSR count). The Kier molecular flexibility index (Phi) is 5.42. The van der Waals surface area contributed by atoms with Gasteiger partial charge in [-0.1, -0.05) is 13.8 Å². The first-order valence-electron chi connectivity index (χ1n) is 7.19. The van der Waals surface area contributed by atoms with Gasteiger partial charge in [-0.05, 0) is 39.0 Å². The first-order valence-corrected chi connectivity index (χ1v) is 7.19. The van der Waals surface area contributed by atoms with Crippen LogP contribution in [0.4, 0.5) is 4.79 Å². The van der Waals surface area contributed by atoms with Gasteiger partial charge in [0.25, 0.3) is 0 Å². The molecule has 20 heavy (non-hydrogen) atoms. The van der Waals surface area contributed by atoms with Crippen LogP contribution in [0, 0.1) is 17.8 Å². The molecule has 0 aromatic carbocycles. The number of amides is 1. The topological polar surface area (TPSA) is 55.8 Å². The number of carbonyl (C=O) groups excluding carboxylic acids is 2. The van der Waals surface area contributed by atoms with Crippen LogP contribution in [0.25, 0.3) is 0 Å². The molecule has 1 amide bonds. The maximum atomic E-state index is 12.1. The van der Waals surface area contributed by atoms with Crippen molar-refractivity contribution in [1.82, 2.24) is 4.90 Å². The van der Waals surface area contributed by atoms with Crippen molar-refractivity contribution in [3.05, 3.63) is 0 Å². The molecule has 1 aliphatic heterocycles. The summed E-state index contributed by atoms with van der Waals surface area (Å²) in [7, 11) is 1.39. The summed E-state index contributed by atoms with van der Waals surface area (Å²) in [5, 5.41) is 0. The van der Waals surface area contributed by atoms with Crippen LogP contribution in [0.1, 0.15) is 41.0 Å². The minimum absolute atomic E-state index is 0.148. The van der Waals surface area contributed by atoms with Crippen molar-refractivity contribution in [1.29, 1.82) is 0 Å². The number of hydrogen-bond donors (Lipinski definition) is 0. The van der Waals surface area contributed by atoms with Gasteiger partial charge in [0, 0.05) is 13.1 Å². The summed E-state index contributed by atoms with van der Waals surface area (Å²) < 4.78 is 10.2. The third-order valence-electron chi connectivity index (χ3n) is 3.37. The summed E-state index contributed by atoms with van der Waals surface area (Å²) in [6, 6.07) is 0. The van der Waals surface area contributed by atoms with Crippen LogP contribution in [-0.2, 0) is 14.3 Å². The number of esters is 1. The van der Waals surface area contributed by atoms with E-state index in [0.717, 1.165) is 6.42 Å². The van der Waals surface area contributed by atoms with Crippen molar-refractivity contribution in [2.24, 2.45) is 17.8 Å². The van der Waals surface area contributed by atoms with Gasteiger partial charge in [0.15, 0.2) is 0 Å². The van der Waals surface area contributed by atoms with Gasteiger partial charge in [-0.15, -0.1) is 0 Å². The highest BCUT2D eigenvalue weighted by Gasteiger charge is 2.41. The van der Waals surface area contributed by atoms with Gasteiger partial charge in [0.05, 0.1) is 13.0 Å². The number of ether oxygens (including phenoxy) is 2. The van der Waals surface area contributed by atoms with Crippen molar-refractivity contribution in [3.8, 4) is 0 Å². The van der Waals surface area contributed by atoms with Crippen LogP contribution in [-0.4, -0.2) is 42.8 Å². The summed E-state index contributed by atoms with van der Waals surface area (Å²) in [4.78, 5) is 25.6. The Morgan fingerprint density at radius 1 is 1.25 bits per heavy atom. The van der Waals surface area contributed by atoms with Gasteiger partial charge in [-0.25, -0.2) is 4.79 Å². The van der Waals surface area contributed by atoms with Gasteiger partial charge < -0.3 is 14.4 Å². The average molecular weight is 285 g/mol. The minimum Gasteiger partial charge on any atom is -0.469 e. The van der Waals surface area contributed by atoms with Crippen LogP contribution >= 0.6 is 0 Å². The molecule has 116 valence electrons. The Morgan fingerprint density at radius 3 is 2.30 bits per heavy atom. The van der Waals surface area contributed by atoms with Crippen molar-refractivity contribution >= 4 is 12.1 Å². The van der Waals surface area contributed by atoms with Crippen molar-refractivity contribution in [3.63, 3.8) is 0 Å². The number of hydrogen-bond acceptors (Lipinski definition) is 4. The van der Waals surface area contributed by atoms with E-state index in [-0.39, 0.29) is 23.9 Å². The van der Waals surface area contributed by atoms with E-state index in [1.165, 1.54) is 7.11 Å². The van der Waals surface area contributed by atoms with Crippen LogP contribution in [0.5, 0.6) is 0 Å². The van der Waals surface area contributed by atoms with E-state index in [0.29, 0.717) is 19.0 Å². The molecule has 2 atom stereocenters. The first-order chi connectivity index (χ1) is 9.14. The quantitative estimate of drug-likeness (QED) is 0.748. The molecule has 5 nitrogen and oxygen atoms in total. The van der Waals surface area contributed by atoms with Gasteiger partial charge in [-0.2, -0.15) is 0 Å². The molecule has 0 aromatic heterocycles. The van der Waals surface area contributed by atoms with E-state index < -0.39 is 5.60 Å². The number of likely N-dealkylation sites (tertiary alicyclic amines) is 1. The zero-order valence-corrected chi connectivity index (χ0v) is 13.4. The Morgan fingerprint density at radius 2 is 1.85 bits per heavy atom. The van der Waals surface area contributed by atoms with E-state index in [9.17, 15) is 9.59 Å². The molecule has 1 saturated heterocycles. The van der Waals surface area contributed by atoms with Gasteiger partial charge in [-0.3, -0.25) is 4.79 Å². The summed E-state index contributed by atoms with van der Waals surface area (Å²) >= 11 is 0. The molecule has 0 N–H and O–H groups in total. The first kappa shape index (κ1) is 16.8. The third kappa shape index (κ3) is 4.69. The normalized spacial score (nSPS) is 23.1. The van der Waals surface area contributed by atoms with E-state index in [1.54, 1.807) is 4.90 Å². The van der Waals surface area contributed by atoms with Crippen LogP contribution in [0.2, 0.25) is 0 Å². The third-order valence-corrected chi connectivity index (χ3v) is 3.37. The second kappa shape index (κ2) is 6.46. The molecule has 0 saturated carbocycles. The Bertz CT molecular complexity index is 359. The SMILES string of the molecule is COC(=O)[C@H]1CN(C(=O)OC(C)(C)C)C[C@@H]1CC(C)C. The zero-order valence-electron chi connectivity index (χ0n) is 13.4. The molecule has 0 radical (unpaired) electrons. The van der Waals surface area contributed by atoms with E-state index >= 15 is 0 Å². The maximum absolute atomic E-state index is 12.1. The maximum Gasteiger partial charge on any atom is 0.410 e. The van der Waals surface area contributed by atoms with E-state index in [1.807, 2.05) is 20.8 Å². The summed E-state index contributed by atoms with van der Waals surface area (Å²) in [6.45, 7) is 10.7. The fraction of sp³-hybridized carbons (Fsp3) is 0.867. The lowest BCUT2D eigenvalue weighted by Gasteiger charge is -2.24. The van der Waals surface area contributed by atoms with E-state index in [2.05, 4.69) is 13.8 Å². The summed E-state index contributed by atoms with van der Waals surface area (Å²) in [5.74, 6) is 0.150. The largest absolute Gasteiger partial charge is 0.469 e. The number of rotatable bonds is 3. The van der Waals surface area contributed by atoms with E-state index in [4.69, 9.17) is 9.47 Å². The lowest BCUT2D eigenvalue weighted by atomic mass is 9.88. The highest BCUT2D eigenvalue weighted by Crippen LogP contribution is 2.30. The van der Waals surface area contributed by atoms with Crippen LogP contribution < -0.4 is 0 Å². The van der Waals surface area contributed by atoms with Gasteiger partial charge >= 0.3 is 12.1 Å².